The standard InChI is InChI=1S/C15H19F3N2OS/c16-15(17,18)10-19-5-1-11(2-6-19)14(21)20-7-3-13-12(9-20)4-8-22-13/h4,8,11H,1-3,5-7,9-10H2. The number of amides is 1. The molecule has 7 heteroatoms. The van der Waals surface area contributed by atoms with Crippen LogP contribution in [0.25, 0.3) is 0 Å². The van der Waals surface area contributed by atoms with Crippen LogP contribution in [0.1, 0.15) is 23.3 Å². The second-order valence-electron chi connectivity index (χ2n) is 6.04. The minimum atomic E-state index is -4.15. The summed E-state index contributed by atoms with van der Waals surface area (Å²) in [6, 6.07) is 2.06. The maximum absolute atomic E-state index is 12.6. The third kappa shape index (κ3) is 3.63. The van der Waals surface area contributed by atoms with E-state index in [1.54, 1.807) is 11.3 Å². The predicted octanol–water partition coefficient (Wildman–Crippen LogP) is 2.91. The number of alkyl halides is 3. The lowest BCUT2D eigenvalue weighted by Crippen LogP contribution is -2.45. The zero-order chi connectivity index (χ0) is 15.7. The van der Waals surface area contributed by atoms with Gasteiger partial charge in [-0.25, -0.2) is 0 Å². The van der Waals surface area contributed by atoms with Crippen molar-refractivity contribution in [3.8, 4) is 0 Å². The molecule has 0 bridgehead atoms. The Morgan fingerprint density at radius 3 is 2.68 bits per heavy atom. The maximum Gasteiger partial charge on any atom is 0.401 e. The van der Waals surface area contributed by atoms with E-state index in [1.165, 1.54) is 15.3 Å². The van der Waals surface area contributed by atoms with Gasteiger partial charge in [0.05, 0.1) is 6.54 Å². The van der Waals surface area contributed by atoms with Gasteiger partial charge in [0.1, 0.15) is 0 Å². The van der Waals surface area contributed by atoms with Crippen LogP contribution in [0.2, 0.25) is 0 Å². The Labute approximate surface area is 131 Å². The number of thiophene rings is 1. The molecule has 3 heterocycles. The lowest BCUT2D eigenvalue weighted by molar-refractivity contribution is -0.151. The lowest BCUT2D eigenvalue weighted by atomic mass is 9.94. The molecule has 3 rings (SSSR count). The van der Waals surface area contributed by atoms with E-state index < -0.39 is 12.7 Å². The third-order valence-corrected chi connectivity index (χ3v) is 5.48. The van der Waals surface area contributed by atoms with Gasteiger partial charge in [-0.05, 0) is 49.4 Å². The summed E-state index contributed by atoms with van der Waals surface area (Å²) in [6.45, 7) is 1.23. The molecule has 0 N–H and O–H groups in total. The topological polar surface area (TPSA) is 23.6 Å². The van der Waals surface area contributed by atoms with Gasteiger partial charge in [-0.3, -0.25) is 9.69 Å². The summed E-state index contributed by atoms with van der Waals surface area (Å²) in [5, 5.41) is 2.05. The van der Waals surface area contributed by atoms with Crippen LogP contribution < -0.4 is 0 Å². The first kappa shape index (κ1) is 15.8. The fraction of sp³-hybridized carbons (Fsp3) is 0.667. The second-order valence-corrected chi connectivity index (χ2v) is 7.05. The van der Waals surface area contributed by atoms with E-state index in [2.05, 4.69) is 6.07 Å². The van der Waals surface area contributed by atoms with E-state index in [-0.39, 0.29) is 11.8 Å². The summed E-state index contributed by atoms with van der Waals surface area (Å²) in [4.78, 5) is 17.2. The van der Waals surface area contributed by atoms with Gasteiger partial charge in [-0.1, -0.05) is 0 Å². The first-order valence-electron chi connectivity index (χ1n) is 7.55. The number of rotatable bonds is 2. The third-order valence-electron chi connectivity index (χ3n) is 4.46. The van der Waals surface area contributed by atoms with E-state index in [0.717, 1.165) is 13.0 Å². The molecule has 0 aliphatic carbocycles. The van der Waals surface area contributed by atoms with Gasteiger partial charge >= 0.3 is 6.18 Å². The Hall–Kier alpha value is -1.08. The van der Waals surface area contributed by atoms with Crippen LogP contribution in [0.15, 0.2) is 11.4 Å². The molecule has 0 aromatic carbocycles. The second kappa shape index (κ2) is 6.20. The van der Waals surface area contributed by atoms with E-state index >= 15 is 0 Å². The van der Waals surface area contributed by atoms with Crippen molar-refractivity contribution >= 4 is 17.2 Å². The zero-order valence-corrected chi connectivity index (χ0v) is 13.1. The van der Waals surface area contributed by atoms with Crippen LogP contribution in [-0.4, -0.2) is 48.1 Å². The van der Waals surface area contributed by atoms with E-state index in [1.807, 2.05) is 10.3 Å². The molecular weight excluding hydrogens is 313 g/mol. The average molecular weight is 332 g/mol. The Morgan fingerprint density at radius 2 is 2.00 bits per heavy atom. The molecule has 122 valence electrons. The van der Waals surface area contributed by atoms with Crippen molar-refractivity contribution in [1.29, 1.82) is 0 Å². The molecule has 2 aliphatic heterocycles. The predicted molar refractivity (Wildman–Crippen MR) is 78.7 cm³/mol. The number of fused-ring (bicyclic) bond motifs is 1. The molecule has 1 fully saturated rings. The summed E-state index contributed by atoms with van der Waals surface area (Å²) in [7, 11) is 0. The number of hydrogen-bond donors (Lipinski definition) is 0. The lowest BCUT2D eigenvalue weighted by Gasteiger charge is -2.35. The number of hydrogen-bond acceptors (Lipinski definition) is 3. The number of carbonyl (C=O) groups excluding carboxylic acids is 1. The summed E-state index contributed by atoms with van der Waals surface area (Å²) < 4.78 is 37.1. The Morgan fingerprint density at radius 1 is 1.27 bits per heavy atom. The fourth-order valence-corrected chi connectivity index (χ4v) is 4.18. The number of carbonyl (C=O) groups is 1. The molecule has 1 aromatic heterocycles. The molecule has 1 amide bonds. The van der Waals surface area contributed by atoms with Gasteiger partial charge in [-0.2, -0.15) is 13.2 Å². The van der Waals surface area contributed by atoms with Crippen LogP contribution >= 0.6 is 11.3 Å². The molecule has 3 nitrogen and oxygen atoms in total. The molecule has 0 spiro atoms. The minimum Gasteiger partial charge on any atom is -0.338 e. The molecule has 0 unspecified atom stereocenters. The van der Waals surface area contributed by atoms with Gasteiger partial charge in [0.25, 0.3) is 0 Å². The monoisotopic (exact) mass is 332 g/mol. The molecule has 22 heavy (non-hydrogen) atoms. The molecular formula is C15H19F3N2OS. The van der Waals surface area contributed by atoms with Gasteiger partial charge in [-0.15, -0.1) is 11.3 Å². The zero-order valence-electron chi connectivity index (χ0n) is 12.2. The summed E-state index contributed by atoms with van der Waals surface area (Å²) >= 11 is 1.73. The normalized spacial score (nSPS) is 21.0. The number of likely N-dealkylation sites (tertiary alicyclic amines) is 1. The van der Waals surface area contributed by atoms with Crippen molar-refractivity contribution in [3.05, 3.63) is 21.9 Å². The Balaban J connectivity index is 1.52. The highest BCUT2D eigenvalue weighted by Gasteiger charge is 2.35. The Kier molecular flexibility index (Phi) is 4.45. The van der Waals surface area contributed by atoms with Crippen molar-refractivity contribution in [2.45, 2.75) is 32.0 Å². The summed E-state index contributed by atoms with van der Waals surface area (Å²) in [6.07, 6.45) is -2.20. The molecule has 0 saturated carbocycles. The largest absolute Gasteiger partial charge is 0.401 e. The van der Waals surface area contributed by atoms with Crippen molar-refractivity contribution in [3.63, 3.8) is 0 Å². The van der Waals surface area contributed by atoms with E-state index in [4.69, 9.17) is 0 Å². The van der Waals surface area contributed by atoms with Crippen LogP contribution in [-0.2, 0) is 17.8 Å². The van der Waals surface area contributed by atoms with Gasteiger partial charge in [0.15, 0.2) is 0 Å². The average Bonchev–Trinajstić information content (AvgIpc) is 2.93. The first-order valence-corrected chi connectivity index (χ1v) is 8.43. The number of halogens is 3. The minimum absolute atomic E-state index is 0.114. The van der Waals surface area contributed by atoms with E-state index in [0.29, 0.717) is 32.5 Å². The molecule has 2 aliphatic rings. The first-order chi connectivity index (χ1) is 10.4. The number of nitrogens with zero attached hydrogens (tertiary/aromatic N) is 2. The fourth-order valence-electron chi connectivity index (χ4n) is 3.29. The molecule has 0 radical (unpaired) electrons. The smallest absolute Gasteiger partial charge is 0.338 e. The molecule has 1 aromatic rings. The van der Waals surface area contributed by atoms with Crippen LogP contribution in [0.3, 0.4) is 0 Å². The molecule has 1 saturated heterocycles. The van der Waals surface area contributed by atoms with Crippen molar-refractivity contribution in [2.75, 3.05) is 26.2 Å². The van der Waals surface area contributed by atoms with Crippen molar-refractivity contribution in [2.24, 2.45) is 5.92 Å². The van der Waals surface area contributed by atoms with Gasteiger partial charge in [0.2, 0.25) is 5.91 Å². The quantitative estimate of drug-likeness (QED) is 0.831. The van der Waals surface area contributed by atoms with Gasteiger partial charge < -0.3 is 4.90 Å². The van der Waals surface area contributed by atoms with Crippen LogP contribution in [0.4, 0.5) is 13.2 Å². The van der Waals surface area contributed by atoms with E-state index in [9.17, 15) is 18.0 Å². The highest BCUT2D eigenvalue weighted by Crippen LogP contribution is 2.28. The van der Waals surface area contributed by atoms with Crippen molar-refractivity contribution in [1.82, 2.24) is 9.80 Å². The van der Waals surface area contributed by atoms with Gasteiger partial charge in [0, 0.05) is 23.9 Å². The molecule has 0 atom stereocenters. The van der Waals surface area contributed by atoms with Crippen LogP contribution in [0.5, 0.6) is 0 Å². The van der Waals surface area contributed by atoms with Crippen molar-refractivity contribution < 1.29 is 18.0 Å². The SMILES string of the molecule is O=C(C1CCN(CC(F)(F)F)CC1)N1CCc2sccc2C1. The summed E-state index contributed by atoms with van der Waals surface area (Å²) in [5.74, 6) is -0.00632. The van der Waals surface area contributed by atoms with Crippen LogP contribution in [0, 0.1) is 5.92 Å². The highest BCUT2D eigenvalue weighted by atomic mass is 32.1. The maximum atomic E-state index is 12.6. The highest BCUT2D eigenvalue weighted by molar-refractivity contribution is 7.10. The Bertz CT molecular complexity index is 535. The summed E-state index contributed by atoms with van der Waals surface area (Å²) in [5.41, 5.74) is 1.22. The number of piperidine rings is 1.